The molecule has 0 radical (unpaired) electrons. The van der Waals surface area contributed by atoms with Crippen molar-refractivity contribution in [2.75, 3.05) is 12.4 Å². The third-order valence-corrected chi connectivity index (χ3v) is 4.21. The number of urea groups is 1. The smallest absolute Gasteiger partial charge is 0.354 e. The number of anilines is 1. The molecule has 0 saturated heterocycles. The van der Waals surface area contributed by atoms with Gasteiger partial charge in [-0.1, -0.05) is 23.7 Å². The third-order valence-electron chi connectivity index (χ3n) is 3.97. The van der Waals surface area contributed by atoms with E-state index >= 15 is 0 Å². The molecule has 1 heterocycles. The number of nitrogens with one attached hydrogen (secondary N) is 2. The number of rotatable bonds is 7. The maximum absolute atomic E-state index is 12.1. The van der Waals surface area contributed by atoms with Gasteiger partial charge < -0.3 is 25.2 Å². The summed E-state index contributed by atoms with van der Waals surface area (Å²) in [5, 5.41) is 14.9. The van der Waals surface area contributed by atoms with Crippen molar-refractivity contribution in [1.82, 2.24) is 10.3 Å². The predicted octanol–water partition coefficient (Wildman–Crippen LogP) is 4.56. The lowest BCUT2D eigenvalue weighted by Crippen LogP contribution is -2.28. The lowest BCUT2D eigenvalue weighted by atomic mass is 10.2. The molecule has 8 nitrogen and oxygen atoms in total. The fourth-order valence-corrected chi connectivity index (χ4v) is 2.68. The van der Waals surface area contributed by atoms with E-state index in [1.807, 2.05) is 0 Å². The normalized spacial score (nSPS) is 10.2. The minimum Gasteiger partial charge on any atom is -0.495 e. The Labute approximate surface area is 177 Å². The highest BCUT2D eigenvalue weighted by atomic mass is 35.5. The van der Waals surface area contributed by atoms with Crippen LogP contribution in [0.2, 0.25) is 5.02 Å². The van der Waals surface area contributed by atoms with E-state index in [0.29, 0.717) is 34.5 Å². The van der Waals surface area contributed by atoms with Crippen molar-refractivity contribution in [2.24, 2.45) is 0 Å². The molecule has 30 heavy (non-hydrogen) atoms. The fourth-order valence-electron chi connectivity index (χ4n) is 2.52. The SMILES string of the molecule is COc1cc(Cl)ccc1NC(=O)NCc1ccc(Oc2ccnc(C(=O)O)c2)cc1. The fraction of sp³-hybridized carbons (Fsp3) is 0.0952. The molecule has 1 aromatic heterocycles. The van der Waals surface area contributed by atoms with Gasteiger partial charge in [-0.2, -0.15) is 0 Å². The highest BCUT2D eigenvalue weighted by molar-refractivity contribution is 6.30. The number of methoxy groups -OCH3 is 1. The van der Waals surface area contributed by atoms with Gasteiger partial charge in [0.15, 0.2) is 5.69 Å². The zero-order valence-electron chi connectivity index (χ0n) is 15.9. The highest BCUT2D eigenvalue weighted by Gasteiger charge is 2.09. The van der Waals surface area contributed by atoms with Crippen LogP contribution in [0, 0.1) is 0 Å². The first-order valence-electron chi connectivity index (χ1n) is 8.79. The van der Waals surface area contributed by atoms with Crippen molar-refractivity contribution < 1.29 is 24.2 Å². The maximum atomic E-state index is 12.1. The van der Waals surface area contributed by atoms with Crippen molar-refractivity contribution in [3.63, 3.8) is 0 Å². The molecule has 0 aliphatic heterocycles. The molecule has 3 aromatic rings. The minimum atomic E-state index is -1.13. The molecule has 0 aliphatic rings. The Bertz CT molecular complexity index is 1060. The molecule has 9 heteroatoms. The number of carbonyl (C=O) groups excluding carboxylic acids is 1. The van der Waals surface area contributed by atoms with Crippen LogP contribution < -0.4 is 20.1 Å². The molecule has 154 valence electrons. The van der Waals surface area contributed by atoms with Crippen molar-refractivity contribution in [3.8, 4) is 17.2 Å². The standard InChI is InChI=1S/C21H18ClN3O5/c1-29-19-10-14(22)4-7-17(19)25-21(28)24-12-13-2-5-15(6-3-13)30-16-8-9-23-18(11-16)20(26)27/h2-11H,12H2,1H3,(H,26,27)(H2,24,25,28). The lowest BCUT2D eigenvalue weighted by molar-refractivity contribution is 0.0690. The Kier molecular flexibility index (Phi) is 6.71. The number of carbonyl (C=O) groups is 2. The second-order valence-electron chi connectivity index (χ2n) is 6.08. The Morgan fingerprint density at radius 3 is 2.53 bits per heavy atom. The van der Waals surface area contributed by atoms with Crippen LogP contribution in [0.1, 0.15) is 16.1 Å². The Morgan fingerprint density at radius 2 is 1.83 bits per heavy atom. The molecule has 2 aromatic carbocycles. The molecule has 0 bridgehead atoms. The van der Waals surface area contributed by atoms with Crippen LogP contribution in [0.5, 0.6) is 17.2 Å². The van der Waals surface area contributed by atoms with Gasteiger partial charge in [0.1, 0.15) is 17.2 Å². The third kappa shape index (κ3) is 5.62. The van der Waals surface area contributed by atoms with Crippen molar-refractivity contribution in [3.05, 3.63) is 77.1 Å². The zero-order valence-corrected chi connectivity index (χ0v) is 16.6. The zero-order chi connectivity index (χ0) is 21.5. The Hall–Kier alpha value is -3.78. The first-order valence-corrected chi connectivity index (χ1v) is 9.17. The molecule has 0 saturated carbocycles. The Balaban J connectivity index is 1.55. The molecular weight excluding hydrogens is 410 g/mol. The number of ether oxygens (including phenoxy) is 2. The van der Waals surface area contributed by atoms with Crippen LogP contribution in [0.3, 0.4) is 0 Å². The topological polar surface area (TPSA) is 110 Å². The number of halogens is 1. The average Bonchev–Trinajstić information content (AvgIpc) is 2.74. The van der Waals surface area contributed by atoms with Gasteiger partial charge in [0.2, 0.25) is 0 Å². The van der Waals surface area contributed by atoms with Gasteiger partial charge in [0.25, 0.3) is 0 Å². The molecule has 0 spiro atoms. The van der Waals surface area contributed by atoms with Gasteiger partial charge >= 0.3 is 12.0 Å². The van der Waals surface area contributed by atoms with Crippen molar-refractivity contribution in [2.45, 2.75) is 6.54 Å². The minimum absolute atomic E-state index is 0.100. The van der Waals surface area contributed by atoms with Crippen LogP contribution in [-0.4, -0.2) is 29.2 Å². The molecule has 0 atom stereocenters. The highest BCUT2D eigenvalue weighted by Crippen LogP contribution is 2.27. The monoisotopic (exact) mass is 427 g/mol. The number of hydrogen-bond donors (Lipinski definition) is 3. The molecule has 2 amide bonds. The first kappa shape index (κ1) is 20.9. The summed E-state index contributed by atoms with van der Waals surface area (Å²) in [6, 6.07) is 14.4. The summed E-state index contributed by atoms with van der Waals surface area (Å²) in [6.45, 7) is 0.292. The van der Waals surface area contributed by atoms with Crippen LogP contribution in [-0.2, 0) is 6.54 Å². The summed E-state index contributed by atoms with van der Waals surface area (Å²) in [7, 11) is 1.49. The van der Waals surface area contributed by atoms with Crippen LogP contribution in [0.25, 0.3) is 0 Å². The molecule has 3 N–H and O–H groups in total. The molecule has 0 unspecified atom stereocenters. The van der Waals surface area contributed by atoms with Crippen LogP contribution in [0.4, 0.5) is 10.5 Å². The van der Waals surface area contributed by atoms with E-state index in [2.05, 4.69) is 15.6 Å². The van der Waals surface area contributed by atoms with E-state index in [1.54, 1.807) is 48.5 Å². The molecule has 3 rings (SSSR count). The first-order chi connectivity index (χ1) is 14.4. The van der Waals surface area contributed by atoms with Gasteiger partial charge in [-0.15, -0.1) is 0 Å². The van der Waals surface area contributed by atoms with Crippen molar-refractivity contribution >= 4 is 29.3 Å². The molecule has 0 aliphatic carbocycles. The van der Waals surface area contributed by atoms with Gasteiger partial charge in [-0.3, -0.25) is 0 Å². The van der Waals surface area contributed by atoms with Gasteiger partial charge in [0, 0.05) is 29.9 Å². The van der Waals surface area contributed by atoms with E-state index in [1.165, 1.54) is 19.4 Å². The predicted molar refractivity (Wildman–Crippen MR) is 112 cm³/mol. The summed E-state index contributed by atoms with van der Waals surface area (Å²) in [6.07, 6.45) is 1.37. The lowest BCUT2D eigenvalue weighted by Gasteiger charge is -2.12. The second-order valence-corrected chi connectivity index (χ2v) is 6.52. The second kappa shape index (κ2) is 9.62. The van der Waals surface area contributed by atoms with Crippen LogP contribution >= 0.6 is 11.6 Å². The number of hydrogen-bond acceptors (Lipinski definition) is 5. The maximum Gasteiger partial charge on any atom is 0.354 e. The number of aromatic nitrogens is 1. The number of carboxylic acids is 1. The average molecular weight is 428 g/mol. The molecule has 0 fully saturated rings. The molecular formula is C21H18ClN3O5. The van der Waals surface area contributed by atoms with E-state index < -0.39 is 12.0 Å². The Morgan fingerprint density at radius 1 is 1.07 bits per heavy atom. The number of amides is 2. The summed E-state index contributed by atoms with van der Waals surface area (Å²) < 4.78 is 10.8. The number of aromatic carboxylic acids is 1. The summed E-state index contributed by atoms with van der Waals surface area (Å²) in [4.78, 5) is 26.9. The summed E-state index contributed by atoms with van der Waals surface area (Å²) >= 11 is 5.91. The van der Waals surface area contributed by atoms with Gasteiger partial charge in [0.05, 0.1) is 12.8 Å². The van der Waals surface area contributed by atoms with E-state index in [9.17, 15) is 9.59 Å². The van der Waals surface area contributed by atoms with Gasteiger partial charge in [-0.05, 0) is 35.9 Å². The van der Waals surface area contributed by atoms with E-state index in [-0.39, 0.29) is 5.69 Å². The summed E-state index contributed by atoms with van der Waals surface area (Å²) in [5.41, 5.74) is 1.25. The summed E-state index contributed by atoms with van der Waals surface area (Å²) in [5.74, 6) is 0.221. The largest absolute Gasteiger partial charge is 0.495 e. The quantitative estimate of drug-likeness (QED) is 0.510. The number of nitrogens with zero attached hydrogens (tertiary/aromatic N) is 1. The van der Waals surface area contributed by atoms with E-state index in [0.717, 1.165) is 5.56 Å². The number of benzene rings is 2. The number of pyridine rings is 1. The van der Waals surface area contributed by atoms with E-state index in [4.69, 9.17) is 26.2 Å². The van der Waals surface area contributed by atoms with Gasteiger partial charge in [-0.25, -0.2) is 14.6 Å². The van der Waals surface area contributed by atoms with Crippen LogP contribution in [0.15, 0.2) is 60.8 Å². The van der Waals surface area contributed by atoms with Crippen molar-refractivity contribution in [1.29, 1.82) is 0 Å². The number of carboxylic acid groups (broad SMARTS) is 1.